The Morgan fingerprint density at radius 1 is 1.00 bits per heavy atom. The van der Waals surface area contributed by atoms with Crippen LogP contribution >= 0.6 is 11.6 Å². The third-order valence-corrected chi connectivity index (χ3v) is 5.65. The van der Waals surface area contributed by atoms with Gasteiger partial charge in [-0.3, -0.25) is 9.59 Å². The average Bonchev–Trinajstić information content (AvgIpc) is 3.25. The third kappa shape index (κ3) is 3.74. The van der Waals surface area contributed by atoms with Crippen LogP contribution in [0.2, 0.25) is 5.02 Å². The summed E-state index contributed by atoms with van der Waals surface area (Å²) in [5.74, 6) is -0.335. The monoisotopic (exact) mass is 443 g/mol. The fourth-order valence-corrected chi connectivity index (χ4v) is 3.86. The minimum absolute atomic E-state index is 0.200. The first-order chi connectivity index (χ1) is 15.6. The van der Waals surface area contributed by atoms with Crippen molar-refractivity contribution in [2.45, 2.75) is 13.1 Å². The minimum atomic E-state index is -0.389. The predicted octanol–water partition coefficient (Wildman–Crippen LogP) is 3.68. The summed E-state index contributed by atoms with van der Waals surface area (Å²) in [6, 6.07) is 23.0. The Balaban J connectivity index is 1.41. The molecule has 0 radical (unpaired) electrons. The molecule has 0 aliphatic rings. The summed E-state index contributed by atoms with van der Waals surface area (Å²) in [5, 5.41) is 14.1. The Hall–Kier alpha value is -3.97. The Morgan fingerprint density at radius 3 is 2.66 bits per heavy atom. The largest absolute Gasteiger partial charge is 0.350 e. The van der Waals surface area contributed by atoms with Gasteiger partial charge < -0.3 is 5.32 Å². The summed E-state index contributed by atoms with van der Waals surface area (Å²) in [4.78, 5) is 25.3. The topological polar surface area (TPSA) is 81.3 Å². The number of amides is 1. The summed E-state index contributed by atoms with van der Waals surface area (Å²) in [6.45, 7) is 0.0714. The van der Waals surface area contributed by atoms with Crippen LogP contribution in [0.4, 0.5) is 0 Å². The van der Waals surface area contributed by atoms with Crippen molar-refractivity contribution in [3.8, 4) is 11.3 Å². The van der Waals surface area contributed by atoms with Crippen molar-refractivity contribution in [1.82, 2.24) is 24.7 Å². The van der Waals surface area contributed by atoms with E-state index in [9.17, 15) is 9.59 Å². The second kappa shape index (κ2) is 8.28. The van der Waals surface area contributed by atoms with E-state index in [-0.39, 0.29) is 24.6 Å². The van der Waals surface area contributed by atoms with Crippen molar-refractivity contribution in [3.63, 3.8) is 0 Å². The molecular formula is C24H18ClN5O2. The zero-order chi connectivity index (χ0) is 22.1. The van der Waals surface area contributed by atoms with Crippen LogP contribution in [0.3, 0.4) is 0 Å². The smallest absolute Gasteiger partial charge is 0.293 e. The minimum Gasteiger partial charge on any atom is -0.350 e. The molecule has 3 aromatic carbocycles. The van der Waals surface area contributed by atoms with Gasteiger partial charge in [-0.2, -0.15) is 10.2 Å². The second-order valence-corrected chi connectivity index (χ2v) is 7.76. The van der Waals surface area contributed by atoms with E-state index in [1.807, 2.05) is 60.7 Å². The molecule has 8 heteroatoms. The first kappa shape index (κ1) is 20.0. The van der Waals surface area contributed by atoms with Gasteiger partial charge in [0.15, 0.2) is 0 Å². The van der Waals surface area contributed by atoms with Gasteiger partial charge >= 0.3 is 0 Å². The zero-order valence-corrected chi connectivity index (χ0v) is 17.7. The Morgan fingerprint density at radius 2 is 1.78 bits per heavy atom. The van der Waals surface area contributed by atoms with Crippen molar-refractivity contribution < 1.29 is 4.79 Å². The normalized spacial score (nSPS) is 11.2. The van der Waals surface area contributed by atoms with Crippen LogP contribution in [0.25, 0.3) is 27.5 Å². The van der Waals surface area contributed by atoms with E-state index in [0.29, 0.717) is 16.2 Å². The van der Waals surface area contributed by atoms with E-state index in [0.717, 1.165) is 26.6 Å². The molecule has 0 unspecified atom stereocenters. The number of halogens is 1. The fraction of sp³-hybridized carbons (Fsp3) is 0.0833. The molecule has 2 aromatic heterocycles. The lowest BCUT2D eigenvalue weighted by Gasteiger charge is -2.08. The van der Waals surface area contributed by atoms with Crippen molar-refractivity contribution in [2.75, 3.05) is 0 Å². The van der Waals surface area contributed by atoms with Crippen molar-refractivity contribution in [3.05, 3.63) is 100 Å². The highest BCUT2D eigenvalue weighted by molar-refractivity contribution is 6.31. The van der Waals surface area contributed by atoms with E-state index in [2.05, 4.69) is 15.5 Å². The number of carbonyl (C=O) groups excluding carboxylic acids is 1. The van der Waals surface area contributed by atoms with E-state index in [1.54, 1.807) is 12.1 Å². The van der Waals surface area contributed by atoms with Crippen LogP contribution in [0.15, 0.2) is 83.9 Å². The van der Waals surface area contributed by atoms with Crippen molar-refractivity contribution in [1.29, 1.82) is 0 Å². The van der Waals surface area contributed by atoms with Gasteiger partial charge in [0.05, 0.1) is 5.69 Å². The molecular weight excluding hydrogens is 426 g/mol. The molecule has 32 heavy (non-hydrogen) atoms. The summed E-state index contributed by atoms with van der Waals surface area (Å²) < 4.78 is 2.57. The van der Waals surface area contributed by atoms with E-state index in [4.69, 9.17) is 11.6 Å². The van der Waals surface area contributed by atoms with Crippen molar-refractivity contribution in [2.24, 2.45) is 0 Å². The first-order valence-electron chi connectivity index (χ1n) is 10.0. The number of nitrogens with one attached hydrogen (secondary N) is 1. The Bertz CT molecular complexity index is 1520. The molecule has 5 rings (SSSR count). The lowest BCUT2D eigenvalue weighted by molar-refractivity contribution is -0.122. The van der Waals surface area contributed by atoms with Gasteiger partial charge in [0.2, 0.25) is 5.91 Å². The van der Waals surface area contributed by atoms with Gasteiger partial charge in [-0.1, -0.05) is 72.3 Å². The van der Waals surface area contributed by atoms with Gasteiger partial charge in [0.25, 0.3) is 5.56 Å². The summed E-state index contributed by atoms with van der Waals surface area (Å²) >= 11 is 6.12. The Kier molecular flexibility index (Phi) is 5.17. The van der Waals surface area contributed by atoms with Crippen LogP contribution in [0.1, 0.15) is 5.56 Å². The molecule has 2 heterocycles. The maximum Gasteiger partial charge on any atom is 0.293 e. The summed E-state index contributed by atoms with van der Waals surface area (Å²) in [7, 11) is 0. The molecule has 0 aliphatic carbocycles. The number of hydrogen-bond acceptors (Lipinski definition) is 4. The van der Waals surface area contributed by atoms with E-state index in [1.165, 1.54) is 10.8 Å². The average molecular weight is 444 g/mol. The SMILES string of the molecule is O=C(Cn1ncn2nc(-c3cccc4ccccc34)cc2c1=O)NCc1ccccc1Cl. The number of aromatic nitrogens is 4. The lowest BCUT2D eigenvalue weighted by Crippen LogP contribution is -2.34. The maximum absolute atomic E-state index is 12.9. The zero-order valence-electron chi connectivity index (χ0n) is 16.9. The standard InChI is InChI=1S/C24H18ClN5O2/c25-20-11-4-2-7-17(20)13-26-23(31)14-29-24(32)22-12-21(28-30(22)15-27-29)19-10-5-8-16-6-1-3-9-18(16)19/h1-12,15H,13-14H2,(H,26,31). The lowest BCUT2D eigenvalue weighted by atomic mass is 10.0. The molecule has 1 amide bonds. The quantitative estimate of drug-likeness (QED) is 0.449. The Labute approximate surface area is 187 Å². The number of hydrogen-bond donors (Lipinski definition) is 1. The number of nitrogens with zero attached hydrogens (tertiary/aromatic N) is 4. The number of carbonyl (C=O) groups is 1. The molecule has 158 valence electrons. The number of rotatable bonds is 5. The molecule has 0 aliphatic heterocycles. The van der Waals surface area contributed by atoms with Crippen LogP contribution in [-0.4, -0.2) is 25.3 Å². The van der Waals surface area contributed by atoms with Gasteiger partial charge in [-0.15, -0.1) is 0 Å². The maximum atomic E-state index is 12.9. The fourth-order valence-electron chi connectivity index (χ4n) is 3.66. The highest BCUT2D eigenvalue weighted by atomic mass is 35.5. The third-order valence-electron chi connectivity index (χ3n) is 5.28. The highest BCUT2D eigenvalue weighted by Gasteiger charge is 2.14. The second-order valence-electron chi connectivity index (χ2n) is 7.35. The molecule has 0 spiro atoms. The summed E-state index contributed by atoms with van der Waals surface area (Å²) in [6.07, 6.45) is 1.44. The molecule has 5 aromatic rings. The highest BCUT2D eigenvalue weighted by Crippen LogP contribution is 2.27. The molecule has 0 saturated carbocycles. The van der Waals surface area contributed by atoms with Gasteiger partial charge in [-0.05, 0) is 28.5 Å². The van der Waals surface area contributed by atoms with Gasteiger partial charge in [0, 0.05) is 17.1 Å². The molecule has 0 bridgehead atoms. The number of benzene rings is 3. The predicted molar refractivity (Wildman–Crippen MR) is 123 cm³/mol. The number of fused-ring (bicyclic) bond motifs is 2. The molecule has 0 atom stereocenters. The van der Waals surface area contributed by atoms with E-state index >= 15 is 0 Å². The molecule has 0 fully saturated rings. The van der Waals surface area contributed by atoms with Gasteiger partial charge in [0.1, 0.15) is 18.4 Å². The van der Waals surface area contributed by atoms with Crippen LogP contribution in [0.5, 0.6) is 0 Å². The molecule has 7 nitrogen and oxygen atoms in total. The molecule has 1 N–H and O–H groups in total. The first-order valence-corrected chi connectivity index (χ1v) is 10.4. The van der Waals surface area contributed by atoms with Gasteiger partial charge in [-0.25, -0.2) is 9.20 Å². The van der Waals surface area contributed by atoms with Crippen molar-refractivity contribution >= 4 is 33.8 Å². The van der Waals surface area contributed by atoms with Crippen LogP contribution in [0, 0.1) is 0 Å². The molecule has 0 saturated heterocycles. The summed E-state index contributed by atoms with van der Waals surface area (Å²) in [5.41, 5.74) is 2.35. The van der Waals surface area contributed by atoms with E-state index < -0.39 is 0 Å². The van der Waals surface area contributed by atoms with Crippen LogP contribution in [-0.2, 0) is 17.9 Å². The van der Waals surface area contributed by atoms with Crippen LogP contribution < -0.4 is 10.9 Å².